The quantitative estimate of drug-likeness (QED) is 0.512. The first-order valence-corrected chi connectivity index (χ1v) is 13.8. The molecule has 6 nitrogen and oxygen atoms in total. The summed E-state index contributed by atoms with van der Waals surface area (Å²) < 4.78 is 6.27. The van der Waals surface area contributed by atoms with Gasteiger partial charge in [-0.25, -0.2) is 4.98 Å². The number of amides is 1. The van der Waals surface area contributed by atoms with Crippen molar-refractivity contribution in [3.05, 3.63) is 59.9 Å². The minimum Gasteiger partial charge on any atom is -0.492 e. The van der Waals surface area contributed by atoms with Gasteiger partial charge in [-0.3, -0.25) is 9.69 Å². The van der Waals surface area contributed by atoms with Crippen molar-refractivity contribution >= 4 is 16.9 Å². The van der Waals surface area contributed by atoms with Gasteiger partial charge in [-0.1, -0.05) is 38.0 Å². The average Bonchev–Trinajstić information content (AvgIpc) is 3.38. The van der Waals surface area contributed by atoms with E-state index in [1.54, 1.807) is 6.33 Å². The highest BCUT2D eigenvalue weighted by molar-refractivity contribution is 5.97. The van der Waals surface area contributed by atoms with Crippen LogP contribution in [0.1, 0.15) is 67.8 Å². The van der Waals surface area contributed by atoms with Crippen molar-refractivity contribution in [2.75, 3.05) is 39.3 Å². The summed E-state index contributed by atoms with van der Waals surface area (Å²) in [7, 11) is 0. The molecular weight excluding hydrogens is 448 g/mol. The Hall–Kier alpha value is -2.86. The number of unbranched alkanes of at least 4 members (excludes halogenated alkanes) is 1. The van der Waals surface area contributed by atoms with Gasteiger partial charge in [0.25, 0.3) is 5.91 Å². The van der Waals surface area contributed by atoms with Crippen molar-refractivity contribution in [1.29, 1.82) is 0 Å². The number of fused-ring (bicyclic) bond motifs is 2. The summed E-state index contributed by atoms with van der Waals surface area (Å²) >= 11 is 0. The molecule has 2 aliphatic heterocycles. The van der Waals surface area contributed by atoms with E-state index in [1.807, 2.05) is 18.2 Å². The van der Waals surface area contributed by atoms with Gasteiger partial charge in [0.15, 0.2) is 0 Å². The summed E-state index contributed by atoms with van der Waals surface area (Å²) in [6.07, 6.45) is 11.0. The van der Waals surface area contributed by atoms with Gasteiger partial charge in [-0.05, 0) is 80.3 Å². The van der Waals surface area contributed by atoms with Crippen LogP contribution in [0.25, 0.3) is 11.0 Å². The highest BCUT2D eigenvalue weighted by Gasteiger charge is 2.37. The van der Waals surface area contributed by atoms with E-state index in [9.17, 15) is 4.79 Å². The first-order chi connectivity index (χ1) is 17.7. The number of piperidine rings is 1. The van der Waals surface area contributed by atoms with Crippen LogP contribution >= 0.6 is 0 Å². The molecule has 1 amide bonds. The number of nitrogens with zero attached hydrogens (tertiary/aromatic N) is 3. The number of likely N-dealkylation sites (tertiary alicyclic amines) is 1. The number of carbonyl (C=O) groups excluding carboxylic acids is 1. The van der Waals surface area contributed by atoms with Crippen LogP contribution in [0.2, 0.25) is 0 Å². The number of nitrogens with one attached hydrogen (secondary N) is 1. The Bertz CT molecular complexity index is 1150. The normalized spacial score (nSPS) is 19.3. The lowest BCUT2D eigenvalue weighted by Gasteiger charge is -2.45. The number of imidazole rings is 1. The lowest BCUT2D eigenvalue weighted by molar-refractivity contribution is 0.0375. The first-order valence-electron chi connectivity index (χ1n) is 13.8. The van der Waals surface area contributed by atoms with Crippen LogP contribution in [-0.2, 0) is 6.42 Å². The van der Waals surface area contributed by atoms with Crippen LogP contribution in [0.5, 0.6) is 5.75 Å². The lowest BCUT2D eigenvalue weighted by atomic mass is 9.73. The summed E-state index contributed by atoms with van der Waals surface area (Å²) in [5, 5.41) is 0. The molecule has 6 heteroatoms. The van der Waals surface area contributed by atoms with E-state index in [1.165, 1.54) is 37.7 Å². The summed E-state index contributed by atoms with van der Waals surface area (Å²) in [5.74, 6) is 1.20. The fourth-order valence-electron chi connectivity index (χ4n) is 6.00. The molecule has 36 heavy (non-hydrogen) atoms. The van der Waals surface area contributed by atoms with Crippen molar-refractivity contribution < 1.29 is 9.53 Å². The van der Waals surface area contributed by atoms with Gasteiger partial charge >= 0.3 is 0 Å². The summed E-state index contributed by atoms with van der Waals surface area (Å²) in [5.41, 5.74) is 4.18. The highest BCUT2D eigenvalue weighted by Crippen LogP contribution is 2.39. The topological polar surface area (TPSA) is 61.5 Å². The van der Waals surface area contributed by atoms with Gasteiger partial charge in [-0.2, -0.15) is 0 Å². The molecule has 1 spiro atoms. The van der Waals surface area contributed by atoms with Gasteiger partial charge in [0.1, 0.15) is 12.4 Å². The van der Waals surface area contributed by atoms with Gasteiger partial charge < -0.3 is 14.6 Å². The van der Waals surface area contributed by atoms with E-state index < -0.39 is 0 Å². The van der Waals surface area contributed by atoms with Crippen LogP contribution in [0, 0.1) is 5.41 Å². The zero-order valence-corrected chi connectivity index (χ0v) is 21.7. The van der Waals surface area contributed by atoms with Gasteiger partial charge in [-0.15, -0.1) is 0 Å². The maximum Gasteiger partial charge on any atom is 0.253 e. The SMILES string of the molecule is CCCCN1CCOc2ccccc2CCCCC2(CCN(C(=O)c3ccc4nc[nH]c4c3)CC2)C1. The molecule has 3 aromatic rings. The summed E-state index contributed by atoms with van der Waals surface area (Å²) in [6.45, 7) is 7.86. The zero-order valence-electron chi connectivity index (χ0n) is 21.7. The van der Waals surface area contributed by atoms with E-state index in [4.69, 9.17) is 4.74 Å². The minimum absolute atomic E-state index is 0.141. The van der Waals surface area contributed by atoms with Crippen LogP contribution in [0.15, 0.2) is 48.8 Å². The predicted octanol–water partition coefficient (Wildman–Crippen LogP) is 5.69. The summed E-state index contributed by atoms with van der Waals surface area (Å²) in [4.78, 5) is 25.4. The van der Waals surface area contributed by atoms with Crippen molar-refractivity contribution in [3.63, 3.8) is 0 Å². The Balaban J connectivity index is 1.28. The highest BCUT2D eigenvalue weighted by atomic mass is 16.5. The Morgan fingerprint density at radius 2 is 1.94 bits per heavy atom. The van der Waals surface area contributed by atoms with Gasteiger partial charge in [0.05, 0.1) is 17.4 Å². The third-order valence-electron chi connectivity index (χ3n) is 8.21. The number of aromatic amines is 1. The molecule has 1 fully saturated rings. The van der Waals surface area contributed by atoms with Crippen LogP contribution in [-0.4, -0.2) is 65.0 Å². The molecule has 2 aromatic carbocycles. The van der Waals surface area contributed by atoms with Gasteiger partial charge in [0.2, 0.25) is 0 Å². The lowest BCUT2D eigenvalue weighted by Crippen LogP contribution is -2.48. The Kier molecular flexibility index (Phi) is 7.90. The molecular formula is C30H40N4O2. The van der Waals surface area contributed by atoms with Gasteiger partial charge in [0, 0.05) is 31.7 Å². The zero-order chi connectivity index (χ0) is 24.8. The number of ether oxygens (including phenoxy) is 1. The number of aromatic nitrogens is 2. The van der Waals surface area contributed by atoms with E-state index in [2.05, 4.69) is 51.0 Å². The molecule has 0 aliphatic carbocycles. The molecule has 5 rings (SSSR count). The second-order valence-electron chi connectivity index (χ2n) is 10.7. The number of hydrogen-bond donors (Lipinski definition) is 1. The minimum atomic E-state index is 0.141. The van der Waals surface area contributed by atoms with E-state index in [-0.39, 0.29) is 11.3 Å². The molecule has 0 radical (unpaired) electrons. The molecule has 0 atom stereocenters. The van der Waals surface area contributed by atoms with Crippen LogP contribution in [0.4, 0.5) is 0 Å². The van der Waals surface area contributed by atoms with Crippen molar-refractivity contribution in [2.45, 2.75) is 58.3 Å². The average molecular weight is 489 g/mol. The molecule has 0 unspecified atom stereocenters. The smallest absolute Gasteiger partial charge is 0.253 e. The third kappa shape index (κ3) is 5.75. The number of para-hydroxylation sites is 1. The Labute approximate surface area is 215 Å². The van der Waals surface area contributed by atoms with E-state index >= 15 is 0 Å². The van der Waals surface area contributed by atoms with Crippen LogP contribution < -0.4 is 4.74 Å². The number of rotatable bonds is 4. The Morgan fingerprint density at radius 3 is 2.81 bits per heavy atom. The predicted molar refractivity (Wildman–Crippen MR) is 145 cm³/mol. The number of carbonyl (C=O) groups is 1. The van der Waals surface area contributed by atoms with Crippen molar-refractivity contribution in [3.8, 4) is 5.75 Å². The molecule has 1 N–H and O–H groups in total. The van der Waals surface area contributed by atoms with Crippen molar-refractivity contribution in [1.82, 2.24) is 19.8 Å². The largest absolute Gasteiger partial charge is 0.492 e. The maximum absolute atomic E-state index is 13.3. The first kappa shape index (κ1) is 24.8. The number of aryl methyl sites for hydroxylation is 1. The van der Waals surface area contributed by atoms with E-state index in [0.717, 1.165) is 80.9 Å². The maximum atomic E-state index is 13.3. The fourth-order valence-corrected chi connectivity index (χ4v) is 6.00. The van der Waals surface area contributed by atoms with E-state index in [0.29, 0.717) is 0 Å². The molecule has 192 valence electrons. The Morgan fingerprint density at radius 1 is 1.08 bits per heavy atom. The second kappa shape index (κ2) is 11.5. The standard InChI is InChI=1S/C30H40N4O2/c1-2-3-16-33-19-20-36-28-10-5-4-8-24(28)9-6-7-13-30(22-33)14-17-34(18-15-30)29(35)25-11-12-26-27(21-25)32-23-31-26/h4-5,8,10-12,21,23H,2-3,6-7,9,13-20,22H2,1H3,(H,31,32). The monoisotopic (exact) mass is 488 g/mol. The molecule has 1 aromatic heterocycles. The second-order valence-corrected chi connectivity index (χ2v) is 10.7. The molecule has 2 aliphatic rings. The fraction of sp³-hybridized carbons (Fsp3) is 0.533. The molecule has 3 heterocycles. The number of benzene rings is 2. The van der Waals surface area contributed by atoms with Crippen molar-refractivity contribution in [2.24, 2.45) is 5.41 Å². The number of hydrogen-bond acceptors (Lipinski definition) is 4. The molecule has 0 bridgehead atoms. The molecule has 1 saturated heterocycles. The molecule has 0 saturated carbocycles. The number of H-pyrrole nitrogens is 1. The third-order valence-corrected chi connectivity index (χ3v) is 8.21. The summed E-state index contributed by atoms with van der Waals surface area (Å²) in [6, 6.07) is 14.3. The van der Waals surface area contributed by atoms with Crippen LogP contribution in [0.3, 0.4) is 0 Å².